The van der Waals surface area contributed by atoms with Crippen molar-refractivity contribution >= 4 is 23.1 Å². The predicted molar refractivity (Wildman–Crippen MR) is 75.7 cm³/mol. The van der Waals surface area contributed by atoms with E-state index in [4.69, 9.17) is 5.84 Å². The third kappa shape index (κ3) is 3.18. The van der Waals surface area contributed by atoms with Gasteiger partial charge in [-0.2, -0.15) is 4.98 Å². The van der Waals surface area contributed by atoms with Crippen LogP contribution in [0.5, 0.6) is 0 Å². The number of hydrogen-bond donors (Lipinski definition) is 3. The number of aromatic nitrogens is 2. The molecule has 0 saturated heterocycles. The minimum absolute atomic E-state index is 0.308. The average Bonchev–Trinajstić information content (AvgIpc) is 2.84. The Bertz CT molecular complexity index is 497. The lowest BCUT2D eigenvalue weighted by molar-refractivity contribution is 0.791. The van der Waals surface area contributed by atoms with Gasteiger partial charge in [0.05, 0.1) is 0 Å². The lowest BCUT2D eigenvalue weighted by atomic mass is 10.2. The van der Waals surface area contributed by atoms with Crippen molar-refractivity contribution in [3.05, 3.63) is 34.2 Å². The fraction of sp³-hybridized carbons (Fsp3) is 0.333. The molecule has 0 radical (unpaired) electrons. The molecule has 0 aliphatic carbocycles. The molecule has 0 spiro atoms. The fourth-order valence-corrected chi connectivity index (χ4v) is 2.51. The summed E-state index contributed by atoms with van der Waals surface area (Å²) in [5.74, 6) is 6.55. The van der Waals surface area contributed by atoms with Crippen molar-refractivity contribution < 1.29 is 0 Å². The van der Waals surface area contributed by atoms with E-state index in [1.807, 2.05) is 6.92 Å². The Morgan fingerprint density at radius 1 is 1.50 bits per heavy atom. The number of aryl methyl sites for hydroxylation is 1. The summed E-state index contributed by atoms with van der Waals surface area (Å²) < 4.78 is 0. The van der Waals surface area contributed by atoms with Crippen LogP contribution in [0.2, 0.25) is 0 Å². The molecule has 1 atom stereocenters. The van der Waals surface area contributed by atoms with E-state index in [1.54, 1.807) is 17.5 Å². The Morgan fingerprint density at radius 3 is 3.00 bits per heavy atom. The summed E-state index contributed by atoms with van der Waals surface area (Å²) in [5.41, 5.74) is 3.46. The summed E-state index contributed by atoms with van der Waals surface area (Å²) in [7, 11) is 0. The van der Waals surface area contributed by atoms with Crippen molar-refractivity contribution in [3.8, 4) is 0 Å². The SMILES string of the molecule is Cc1cnc(NN)nc1NC(C)Cc1cccs1. The van der Waals surface area contributed by atoms with Gasteiger partial charge in [0.1, 0.15) is 5.82 Å². The molecule has 0 aliphatic rings. The highest BCUT2D eigenvalue weighted by atomic mass is 32.1. The third-order valence-electron chi connectivity index (χ3n) is 2.57. The molecule has 6 heteroatoms. The van der Waals surface area contributed by atoms with Crippen molar-refractivity contribution in [3.63, 3.8) is 0 Å². The van der Waals surface area contributed by atoms with E-state index in [0.29, 0.717) is 12.0 Å². The summed E-state index contributed by atoms with van der Waals surface area (Å²) in [5, 5.41) is 5.47. The maximum atomic E-state index is 5.31. The largest absolute Gasteiger partial charge is 0.367 e. The first-order valence-corrected chi connectivity index (χ1v) is 6.66. The highest BCUT2D eigenvalue weighted by Gasteiger charge is 2.08. The van der Waals surface area contributed by atoms with Crippen LogP contribution < -0.4 is 16.6 Å². The number of hydrogen-bond acceptors (Lipinski definition) is 6. The molecule has 5 nitrogen and oxygen atoms in total. The number of hydrazine groups is 1. The summed E-state index contributed by atoms with van der Waals surface area (Å²) in [6.07, 6.45) is 2.73. The van der Waals surface area contributed by atoms with Gasteiger partial charge >= 0.3 is 0 Å². The number of nitrogens with zero attached hydrogens (tertiary/aromatic N) is 2. The van der Waals surface area contributed by atoms with E-state index in [-0.39, 0.29) is 0 Å². The Kier molecular flexibility index (Phi) is 4.11. The first-order valence-electron chi connectivity index (χ1n) is 5.78. The molecule has 2 aromatic rings. The summed E-state index contributed by atoms with van der Waals surface area (Å²) in [4.78, 5) is 9.72. The molecule has 0 fully saturated rings. The molecule has 0 aromatic carbocycles. The van der Waals surface area contributed by atoms with Crippen molar-refractivity contribution in [2.45, 2.75) is 26.3 Å². The van der Waals surface area contributed by atoms with E-state index in [9.17, 15) is 0 Å². The monoisotopic (exact) mass is 263 g/mol. The number of nitrogens with one attached hydrogen (secondary N) is 2. The van der Waals surface area contributed by atoms with Crippen LogP contribution in [-0.2, 0) is 6.42 Å². The zero-order valence-electron chi connectivity index (χ0n) is 10.5. The smallest absolute Gasteiger partial charge is 0.239 e. The standard InChI is InChI=1S/C12H17N5S/c1-8-7-14-12(17-13)16-11(8)15-9(2)6-10-4-3-5-18-10/h3-5,7,9H,6,13H2,1-2H3,(H2,14,15,16,17). The van der Waals surface area contributed by atoms with Crippen molar-refractivity contribution in [2.75, 3.05) is 10.7 Å². The van der Waals surface area contributed by atoms with E-state index in [1.165, 1.54) is 4.88 Å². The first kappa shape index (κ1) is 12.8. The Balaban J connectivity index is 2.04. The molecule has 0 saturated carbocycles. The van der Waals surface area contributed by atoms with Crippen LogP contribution >= 0.6 is 11.3 Å². The van der Waals surface area contributed by atoms with Gasteiger partial charge in [-0.1, -0.05) is 6.07 Å². The van der Waals surface area contributed by atoms with Crippen molar-refractivity contribution in [1.82, 2.24) is 9.97 Å². The zero-order valence-corrected chi connectivity index (χ0v) is 11.3. The molecule has 2 rings (SSSR count). The normalized spacial score (nSPS) is 12.2. The molecule has 1 unspecified atom stereocenters. The zero-order chi connectivity index (χ0) is 13.0. The van der Waals surface area contributed by atoms with E-state index >= 15 is 0 Å². The second-order valence-electron chi connectivity index (χ2n) is 4.20. The molecule has 0 aliphatic heterocycles. The average molecular weight is 263 g/mol. The van der Waals surface area contributed by atoms with Crippen LogP contribution in [0.15, 0.2) is 23.7 Å². The second-order valence-corrected chi connectivity index (χ2v) is 5.23. The summed E-state index contributed by atoms with van der Waals surface area (Å²) >= 11 is 1.77. The molecule has 4 N–H and O–H groups in total. The number of thiophene rings is 1. The summed E-state index contributed by atoms with van der Waals surface area (Å²) in [6.45, 7) is 4.11. The molecule has 2 aromatic heterocycles. The minimum Gasteiger partial charge on any atom is -0.367 e. The quantitative estimate of drug-likeness (QED) is 0.569. The Hall–Kier alpha value is -1.66. The molecule has 0 bridgehead atoms. The minimum atomic E-state index is 0.308. The van der Waals surface area contributed by atoms with Gasteiger partial charge in [0.25, 0.3) is 0 Å². The van der Waals surface area contributed by atoms with Crippen LogP contribution in [0.25, 0.3) is 0 Å². The number of anilines is 2. The van der Waals surface area contributed by atoms with Gasteiger partial charge in [-0.25, -0.2) is 10.8 Å². The molecule has 2 heterocycles. The Morgan fingerprint density at radius 2 is 2.33 bits per heavy atom. The van der Waals surface area contributed by atoms with Gasteiger partial charge in [-0.15, -0.1) is 11.3 Å². The fourth-order valence-electron chi connectivity index (χ4n) is 1.67. The first-order chi connectivity index (χ1) is 8.69. The number of rotatable bonds is 5. The molecular weight excluding hydrogens is 246 g/mol. The maximum Gasteiger partial charge on any atom is 0.239 e. The Labute approximate surface area is 110 Å². The van der Waals surface area contributed by atoms with Gasteiger partial charge in [-0.05, 0) is 25.3 Å². The van der Waals surface area contributed by atoms with Gasteiger partial charge in [0.15, 0.2) is 0 Å². The van der Waals surface area contributed by atoms with Crippen molar-refractivity contribution in [1.29, 1.82) is 0 Å². The number of nitrogen functional groups attached to an aromatic ring is 1. The van der Waals surface area contributed by atoms with E-state index < -0.39 is 0 Å². The summed E-state index contributed by atoms with van der Waals surface area (Å²) in [6, 6.07) is 4.52. The van der Waals surface area contributed by atoms with Crippen LogP contribution in [0.3, 0.4) is 0 Å². The second kappa shape index (κ2) is 5.79. The van der Waals surface area contributed by atoms with E-state index in [2.05, 4.69) is 45.1 Å². The molecule has 18 heavy (non-hydrogen) atoms. The molecule has 0 amide bonds. The van der Waals surface area contributed by atoms with Crippen LogP contribution in [0.4, 0.5) is 11.8 Å². The van der Waals surface area contributed by atoms with Crippen LogP contribution in [0, 0.1) is 6.92 Å². The van der Waals surface area contributed by atoms with Gasteiger partial charge in [0.2, 0.25) is 5.95 Å². The highest BCUT2D eigenvalue weighted by Crippen LogP contribution is 2.16. The number of nitrogens with two attached hydrogens (primary N) is 1. The third-order valence-corrected chi connectivity index (χ3v) is 3.47. The van der Waals surface area contributed by atoms with E-state index in [0.717, 1.165) is 17.8 Å². The topological polar surface area (TPSA) is 75.9 Å². The predicted octanol–water partition coefficient (Wildman–Crippen LogP) is 2.18. The van der Waals surface area contributed by atoms with Gasteiger partial charge < -0.3 is 5.32 Å². The van der Waals surface area contributed by atoms with Crippen LogP contribution in [0.1, 0.15) is 17.4 Å². The lowest BCUT2D eigenvalue weighted by Crippen LogP contribution is -2.20. The van der Waals surface area contributed by atoms with Crippen LogP contribution in [-0.4, -0.2) is 16.0 Å². The lowest BCUT2D eigenvalue weighted by Gasteiger charge is -2.15. The molecule has 96 valence electrons. The van der Waals surface area contributed by atoms with Gasteiger partial charge in [0, 0.05) is 29.1 Å². The maximum absolute atomic E-state index is 5.31. The van der Waals surface area contributed by atoms with Crippen molar-refractivity contribution in [2.24, 2.45) is 5.84 Å². The highest BCUT2D eigenvalue weighted by molar-refractivity contribution is 7.09. The van der Waals surface area contributed by atoms with Gasteiger partial charge in [-0.3, -0.25) is 5.43 Å². The molecular formula is C12H17N5S.